The highest BCUT2D eigenvalue weighted by Crippen LogP contribution is 2.28. The van der Waals surface area contributed by atoms with Crippen LogP contribution >= 0.6 is 0 Å². The van der Waals surface area contributed by atoms with E-state index < -0.39 is 19.2 Å². The zero-order chi connectivity index (χ0) is 17.6. The SMILES string of the molecule is C/C=C(\O[Si](C)(C)C)c1ccc([N+](=O)[O-])cc1C=CC(=O)OC. The number of nitrogens with zero attached hydrogens (tertiary/aromatic N) is 1. The summed E-state index contributed by atoms with van der Waals surface area (Å²) >= 11 is 0. The fourth-order valence-corrected chi connectivity index (χ4v) is 2.74. The lowest BCUT2D eigenvalue weighted by Gasteiger charge is -2.23. The van der Waals surface area contributed by atoms with Gasteiger partial charge in [-0.3, -0.25) is 10.1 Å². The Balaban J connectivity index is 3.37. The fraction of sp³-hybridized carbons (Fsp3) is 0.312. The van der Waals surface area contributed by atoms with Crippen molar-refractivity contribution in [1.82, 2.24) is 0 Å². The van der Waals surface area contributed by atoms with Crippen LogP contribution in [0.4, 0.5) is 5.69 Å². The minimum atomic E-state index is -1.85. The quantitative estimate of drug-likeness (QED) is 0.196. The highest BCUT2D eigenvalue weighted by molar-refractivity contribution is 6.70. The molecule has 0 amide bonds. The molecule has 1 aromatic rings. The van der Waals surface area contributed by atoms with Gasteiger partial charge in [-0.1, -0.05) is 0 Å². The minimum absolute atomic E-state index is 0.0540. The number of methoxy groups -OCH3 is 1. The number of rotatable bonds is 6. The van der Waals surface area contributed by atoms with E-state index in [1.165, 1.54) is 31.4 Å². The Morgan fingerprint density at radius 3 is 2.43 bits per heavy atom. The van der Waals surface area contributed by atoms with Gasteiger partial charge < -0.3 is 9.16 Å². The maximum Gasteiger partial charge on any atom is 0.330 e. The van der Waals surface area contributed by atoms with E-state index in [1.54, 1.807) is 6.07 Å². The minimum Gasteiger partial charge on any atom is -0.544 e. The summed E-state index contributed by atoms with van der Waals surface area (Å²) in [4.78, 5) is 21.8. The molecule has 0 aliphatic heterocycles. The number of hydrogen-bond donors (Lipinski definition) is 0. The number of nitro groups is 1. The largest absolute Gasteiger partial charge is 0.544 e. The lowest BCUT2D eigenvalue weighted by Crippen LogP contribution is -2.24. The number of allylic oxidation sites excluding steroid dienone is 1. The van der Waals surface area contributed by atoms with Crippen LogP contribution in [0.1, 0.15) is 18.1 Å². The molecule has 0 saturated carbocycles. The molecule has 1 rings (SSSR count). The van der Waals surface area contributed by atoms with Crippen molar-refractivity contribution in [2.24, 2.45) is 0 Å². The number of carbonyl (C=O) groups excluding carboxylic acids is 1. The van der Waals surface area contributed by atoms with Crippen LogP contribution in [0.2, 0.25) is 19.6 Å². The van der Waals surface area contributed by atoms with Crippen LogP contribution in [0.3, 0.4) is 0 Å². The van der Waals surface area contributed by atoms with Crippen LogP contribution in [0.5, 0.6) is 0 Å². The summed E-state index contributed by atoms with van der Waals surface area (Å²) in [5.74, 6) is 0.110. The van der Waals surface area contributed by atoms with Gasteiger partial charge in [0.2, 0.25) is 8.32 Å². The summed E-state index contributed by atoms with van der Waals surface area (Å²) in [6, 6.07) is 4.46. The number of nitro benzene ring substituents is 1. The third kappa shape index (κ3) is 5.71. The maximum atomic E-state index is 11.3. The maximum absolute atomic E-state index is 11.3. The van der Waals surface area contributed by atoms with Crippen LogP contribution in [-0.4, -0.2) is 26.3 Å². The molecule has 0 saturated heterocycles. The summed E-state index contributed by atoms with van der Waals surface area (Å²) < 4.78 is 10.6. The first-order valence-electron chi connectivity index (χ1n) is 7.08. The number of non-ortho nitro benzene ring substituents is 1. The second-order valence-corrected chi connectivity index (χ2v) is 10.2. The number of ether oxygens (including phenoxy) is 1. The van der Waals surface area contributed by atoms with E-state index in [0.717, 1.165) is 0 Å². The van der Waals surface area contributed by atoms with Gasteiger partial charge in [0, 0.05) is 23.8 Å². The van der Waals surface area contributed by atoms with E-state index in [1.807, 2.05) is 32.6 Å². The molecule has 0 aromatic heterocycles. The molecule has 0 aliphatic rings. The molecule has 0 heterocycles. The Hall–Kier alpha value is -2.41. The smallest absolute Gasteiger partial charge is 0.330 e. The second kappa shape index (κ2) is 7.73. The molecule has 7 heteroatoms. The molecule has 0 unspecified atom stereocenters. The molecule has 124 valence electrons. The summed E-state index contributed by atoms with van der Waals surface area (Å²) in [6.07, 6.45) is 4.53. The molecular weight excluding hydrogens is 314 g/mol. The zero-order valence-corrected chi connectivity index (χ0v) is 15.0. The molecular formula is C16H21NO5Si. The molecule has 0 aliphatic carbocycles. The van der Waals surface area contributed by atoms with E-state index in [2.05, 4.69) is 4.74 Å². The molecule has 0 bridgehead atoms. The topological polar surface area (TPSA) is 78.7 Å². The number of hydrogen-bond acceptors (Lipinski definition) is 5. The Kier molecular flexibility index (Phi) is 6.26. The third-order valence-electron chi connectivity index (χ3n) is 2.79. The van der Waals surface area contributed by atoms with E-state index >= 15 is 0 Å². The summed E-state index contributed by atoms with van der Waals surface area (Å²) in [5, 5.41) is 11.0. The van der Waals surface area contributed by atoms with Crippen LogP contribution in [-0.2, 0) is 14.0 Å². The number of carbonyl (C=O) groups is 1. The molecule has 0 fully saturated rings. The van der Waals surface area contributed by atoms with E-state index in [4.69, 9.17) is 4.43 Å². The van der Waals surface area contributed by atoms with Crippen LogP contribution in [0.15, 0.2) is 30.4 Å². The van der Waals surface area contributed by atoms with Crippen molar-refractivity contribution in [2.75, 3.05) is 7.11 Å². The average molecular weight is 335 g/mol. The highest BCUT2D eigenvalue weighted by Gasteiger charge is 2.20. The summed E-state index contributed by atoms with van der Waals surface area (Å²) in [6.45, 7) is 7.98. The summed E-state index contributed by atoms with van der Waals surface area (Å²) in [5.41, 5.74) is 1.17. The van der Waals surface area contributed by atoms with Gasteiger partial charge in [0.1, 0.15) is 5.76 Å². The van der Waals surface area contributed by atoms with Crippen LogP contribution in [0, 0.1) is 10.1 Å². The Bertz CT molecular complexity index is 659. The first kappa shape index (κ1) is 18.6. The fourth-order valence-electron chi connectivity index (χ4n) is 1.85. The number of benzene rings is 1. The van der Waals surface area contributed by atoms with Gasteiger partial charge in [-0.05, 0) is 50.3 Å². The average Bonchev–Trinajstić information content (AvgIpc) is 2.49. The summed E-state index contributed by atoms with van der Waals surface area (Å²) in [7, 11) is -0.581. The first-order valence-corrected chi connectivity index (χ1v) is 10.5. The predicted octanol–water partition coefficient (Wildman–Crippen LogP) is 3.99. The zero-order valence-electron chi connectivity index (χ0n) is 14.0. The molecule has 6 nitrogen and oxygen atoms in total. The van der Waals surface area contributed by atoms with Crippen LogP contribution < -0.4 is 0 Å². The molecule has 23 heavy (non-hydrogen) atoms. The van der Waals surface area contributed by atoms with Crippen molar-refractivity contribution in [3.63, 3.8) is 0 Å². The van der Waals surface area contributed by atoms with Gasteiger partial charge in [-0.25, -0.2) is 4.79 Å². The van der Waals surface area contributed by atoms with Crippen LogP contribution in [0.25, 0.3) is 11.8 Å². The van der Waals surface area contributed by atoms with Crippen molar-refractivity contribution < 1.29 is 18.9 Å². The van der Waals surface area contributed by atoms with E-state index in [0.29, 0.717) is 16.9 Å². The molecule has 0 spiro atoms. The molecule has 0 radical (unpaired) electrons. The Morgan fingerprint density at radius 2 is 1.96 bits per heavy atom. The standard InChI is InChI=1S/C16H21NO5Si/c1-6-15(22-23(3,4)5)14-9-8-13(17(19)20)11-12(14)7-10-16(18)21-2/h6-11H,1-5H3/b10-7?,15-6-. The first-order chi connectivity index (χ1) is 10.7. The lowest BCUT2D eigenvalue weighted by molar-refractivity contribution is -0.384. The molecule has 0 N–H and O–H groups in total. The lowest BCUT2D eigenvalue weighted by atomic mass is 10.0. The predicted molar refractivity (Wildman–Crippen MR) is 92.2 cm³/mol. The van der Waals surface area contributed by atoms with Gasteiger partial charge in [0.25, 0.3) is 5.69 Å². The Labute approximate surface area is 136 Å². The molecule has 1 aromatic carbocycles. The third-order valence-corrected chi connectivity index (χ3v) is 3.62. The highest BCUT2D eigenvalue weighted by atomic mass is 28.4. The number of esters is 1. The van der Waals surface area contributed by atoms with Crippen molar-refractivity contribution in [2.45, 2.75) is 26.6 Å². The second-order valence-electron chi connectivity index (χ2n) is 5.75. The van der Waals surface area contributed by atoms with Crippen molar-refractivity contribution in [1.29, 1.82) is 0 Å². The van der Waals surface area contributed by atoms with E-state index in [-0.39, 0.29) is 5.69 Å². The van der Waals surface area contributed by atoms with E-state index in [9.17, 15) is 14.9 Å². The monoisotopic (exact) mass is 335 g/mol. The van der Waals surface area contributed by atoms with Gasteiger partial charge >= 0.3 is 5.97 Å². The van der Waals surface area contributed by atoms with Crippen molar-refractivity contribution in [3.8, 4) is 0 Å². The normalized spacial score (nSPS) is 12.3. The van der Waals surface area contributed by atoms with Crippen molar-refractivity contribution >= 4 is 31.8 Å². The van der Waals surface area contributed by atoms with Gasteiger partial charge in [-0.15, -0.1) is 0 Å². The van der Waals surface area contributed by atoms with Gasteiger partial charge in [0.05, 0.1) is 12.0 Å². The van der Waals surface area contributed by atoms with Crippen molar-refractivity contribution in [3.05, 3.63) is 51.6 Å². The van der Waals surface area contributed by atoms with Gasteiger partial charge in [-0.2, -0.15) is 0 Å². The molecule has 0 atom stereocenters. The Morgan fingerprint density at radius 1 is 1.30 bits per heavy atom. The van der Waals surface area contributed by atoms with Gasteiger partial charge in [0.15, 0.2) is 0 Å².